The van der Waals surface area contributed by atoms with Gasteiger partial charge in [0.2, 0.25) is 0 Å². The molecule has 4 heteroatoms. The van der Waals surface area contributed by atoms with Crippen molar-refractivity contribution in [3.8, 4) is 5.75 Å². The number of nitrogens with two attached hydrogens (primary N) is 2. The Kier molecular flexibility index (Phi) is 5.19. The largest absolute Gasteiger partial charge is 0.505 e. The third-order valence-electron chi connectivity index (χ3n) is 2.26. The van der Waals surface area contributed by atoms with Gasteiger partial charge in [0.05, 0.1) is 5.69 Å². The van der Waals surface area contributed by atoms with Crippen LogP contribution in [0.3, 0.4) is 0 Å². The van der Waals surface area contributed by atoms with E-state index in [4.69, 9.17) is 11.5 Å². The Morgan fingerprint density at radius 1 is 1.53 bits per heavy atom. The second-order valence-corrected chi connectivity index (χ2v) is 3.36. The van der Waals surface area contributed by atoms with Crippen LogP contribution in [0.15, 0.2) is 24.8 Å². The van der Waals surface area contributed by atoms with Gasteiger partial charge >= 0.3 is 0 Å². The summed E-state index contributed by atoms with van der Waals surface area (Å²) in [6.07, 6.45) is 2.35. The van der Waals surface area contributed by atoms with Gasteiger partial charge < -0.3 is 16.6 Å². The Hall–Kier alpha value is -1.19. The normalized spacial score (nSPS) is 11.6. The summed E-state index contributed by atoms with van der Waals surface area (Å²) in [7, 11) is 0. The lowest BCUT2D eigenvalue weighted by Crippen LogP contribution is -2.11. The lowest BCUT2D eigenvalue weighted by atomic mass is 9.97. The van der Waals surface area contributed by atoms with Crippen LogP contribution in [0.4, 0.5) is 5.69 Å². The molecule has 0 spiro atoms. The summed E-state index contributed by atoms with van der Waals surface area (Å²) in [5, 5.41) is 9.74. The van der Waals surface area contributed by atoms with Gasteiger partial charge in [-0.3, -0.25) is 0 Å². The van der Waals surface area contributed by atoms with E-state index in [0.717, 1.165) is 5.56 Å². The Bertz CT molecular complexity index is 353. The second kappa shape index (κ2) is 5.63. The van der Waals surface area contributed by atoms with Crippen molar-refractivity contribution in [2.45, 2.75) is 19.4 Å². The van der Waals surface area contributed by atoms with Crippen LogP contribution in [-0.2, 0) is 0 Å². The van der Waals surface area contributed by atoms with Gasteiger partial charge in [-0.2, -0.15) is 0 Å². The molecule has 0 radical (unpaired) electrons. The van der Waals surface area contributed by atoms with Crippen LogP contribution in [0.25, 0.3) is 0 Å². The summed E-state index contributed by atoms with van der Waals surface area (Å²) in [4.78, 5) is 0. The molecule has 5 N–H and O–H groups in total. The van der Waals surface area contributed by atoms with Crippen LogP contribution in [0.5, 0.6) is 5.75 Å². The minimum atomic E-state index is -0.240. The zero-order chi connectivity index (χ0) is 10.7. The molecule has 0 amide bonds. The maximum Gasteiger partial charge on any atom is 0.143 e. The number of aryl methyl sites for hydroxylation is 1. The molecule has 0 aliphatic carbocycles. The van der Waals surface area contributed by atoms with Gasteiger partial charge in [-0.1, -0.05) is 12.1 Å². The molecule has 1 aromatic rings. The van der Waals surface area contributed by atoms with Crippen LogP contribution in [0.1, 0.15) is 23.6 Å². The molecule has 15 heavy (non-hydrogen) atoms. The van der Waals surface area contributed by atoms with E-state index in [2.05, 4.69) is 6.58 Å². The van der Waals surface area contributed by atoms with Crippen molar-refractivity contribution in [2.24, 2.45) is 5.73 Å². The SMILES string of the molecule is C=CC[C@H](N)c1c(C)ccc(N)c1O.Cl. The highest BCUT2D eigenvalue weighted by Crippen LogP contribution is 2.33. The number of anilines is 1. The highest BCUT2D eigenvalue weighted by atomic mass is 35.5. The summed E-state index contributed by atoms with van der Waals surface area (Å²) in [6.45, 7) is 5.52. The van der Waals surface area contributed by atoms with E-state index in [1.807, 2.05) is 13.0 Å². The fourth-order valence-corrected chi connectivity index (χ4v) is 1.49. The number of benzene rings is 1. The zero-order valence-electron chi connectivity index (χ0n) is 8.73. The molecule has 1 rings (SSSR count). The Morgan fingerprint density at radius 2 is 2.13 bits per heavy atom. The first-order chi connectivity index (χ1) is 6.57. The minimum absolute atomic E-state index is 0. The first-order valence-electron chi connectivity index (χ1n) is 4.52. The third kappa shape index (κ3) is 2.88. The summed E-state index contributed by atoms with van der Waals surface area (Å²) in [6, 6.07) is 3.29. The number of hydrogen-bond acceptors (Lipinski definition) is 3. The molecular formula is C11H17ClN2O. The smallest absolute Gasteiger partial charge is 0.143 e. The Balaban J connectivity index is 0.00000196. The summed E-state index contributed by atoms with van der Waals surface area (Å²) in [5.74, 6) is 0.0966. The molecule has 1 atom stereocenters. The molecular weight excluding hydrogens is 212 g/mol. The molecule has 0 fully saturated rings. The predicted molar refractivity (Wildman–Crippen MR) is 66.2 cm³/mol. The fourth-order valence-electron chi connectivity index (χ4n) is 1.49. The summed E-state index contributed by atoms with van der Waals surface area (Å²) >= 11 is 0. The van der Waals surface area contributed by atoms with Gasteiger partial charge in [-0.05, 0) is 25.0 Å². The van der Waals surface area contributed by atoms with E-state index in [0.29, 0.717) is 17.7 Å². The topological polar surface area (TPSA) is 72.3 Å². The Labute approximate surface area is 96.2 Å². The molecule has 0 saturated carbocycles. The van der Waals surface area contributed by atoms with Crippen molar-refractivity contribution in [1.82, 2.24) is 0 Å². The van der Waals surface area contributed by atoms with Crippen LogP contribution in [0.2, 0.25) is 0 Å². The average Bonchev–Trinajstić information content (AvgIpc) is 2.13. The molecule has 1 aromatic carbocycles. The standard InChI is InChI=1S/C11H16N2O.ClH/c1-3-4-8(12)10-7(2)5-6-9(13)11(10)14;/h3,5-6,8,14H,1,4,12-13H2,2H3;1H/t8-;/m0./s1. The highest BCUT2D eigenvalue weighted by molar-refractivity contribution is 5.85. The quantitative estimate of drug-likeness (QED) is 0.422. The van der Waals surface area contributed by atoms with E-state index in [1.54, 1.807) is 12.1 Å². The molecule has 0 heterocycles. The number of hydrogen-bond donors (Lipinski definition) is 3. The molecule has 84 valence electrons. The monoisotopic (exact) mass is 228 g/mol. The van der Waals surface area contributed by atoms with E-state index in [1.165, 1.54) is 0 Å². The number of aromatic hydroxyl groups is 1. The first-order valence-corrected chi connectivity index (χ1v) is 4.52. The van der Waals surface area contributed by atoms with Crippen molar-refractivity contribution in [2.75, 3.05) is 5.73 Å². The summed E-state index contributed by atoms with van der Waals surface area (Å²) in [5.41, 5.74) is 13.5. The minimum Gasteiger partial charge on any atom is -0.505 e. The maximum atomic E-state index is 9.74. The fraction of sp³-hybridized carbons (Fsp3) is 0.273. The number of nitrogen functional groups attached to an aromatic ring is 1. The van der Waals surface area contributed by atoms with Gasteiger partial charge in [0.1, 0.15) is 5.75 Å². The lowest BCUT2D eigenvalue weighted by Gasteiger charge is -2.15. The number of halogens is 1. The highest BCUT2D eigenvalue weighted by Gasteiger charge is 2.14. The van der Waals surface area contributed by atoms with E-state index in [9.17, 15) is 5.11 Å². The first kappa shape index (κ1) is 13.8. The van der Waals surface area contributed by atoms with Gasteiger partial charge in [0.15, 0.2) is 0 Å². The van der Waals surface area contributed by atoms with Crippen molar-refractivity contribution in [3.63, 3.8) is 0 Å². The van der Waals surface area contributed by atoms with Crippen LogP contribution in [0, 0.1) is 6.92 Å². The lowest BCUT2D eigenvalue weighted by molar-refractivity contribution is 0.463. The summed E-state index contributed by atoms with van der Waals surface area (Å²) < 4.78 is 0. The van der Waals surface area contributed by atoms with Crippen molar-refractivity contribution in [3.05, 3.63) is 35.9 Å². The second-order valence-electron chi connectivity index (χ2n) is 3.36. The predicted octanol–water partition coefficient (Wildman–Crippen LogP) is 2.28. The third-order valence-corrected chi connectivity index (χ3v) is 2.26. The molecule has 0 saturated heterocycles. The van der Waals surface area contributed by atoms with Gasteiger partial charge in [-0.25, -0.2) is 0 Å². The number of rotatable bonds is 3. The molecule has 0 unspecified atom stereocenters. The molecule has 0 aliphatic rings. The van der Waals surface area contributed by atoms with Crippen molar-refractivity contribution in [1.29, 1.82) is 0 Å². The van der Waals surface area contributed by atoms with Crippen LogP contribution < -0.4 is 11.5 Å². The molecule has 0 aromatic heterocycles. The average molecular weight is 229 g/mol. The van der Waals surface area contributed by atoms with Crippen molar-refractivity contribution >= 4 is 18.1 Å². The Morgan fingerprint density at radius 3 is 2.67 bits per heavy atom. The van der Waals surface area contributed by atoms with Gasteiger partial charge in [0.25, 0.3) is 0 Å². The van der Waals surface area contributed by atoms with E-state index in [-0.39, 0.29) is 24.2 Å². The zero-order valence-corrected chi connectivity index (χ0v) is 9.55. The number of phenolic OH excluding ortho intramolecular Hbond substituents is 1. The van der Waals surface area contributed by atoms with E-state index >= 15 is 0 Å². The molecule has 0 aliphatic heterocycles. The van der Waals surface area contributed by atoms with Crippen molar-refractivity contribution < 1.29 is 5.11 Å². The number of phenols is 1. The molecule has 0 bridgehead atoms. The van der Waals surface area contributed by atoms with E-state index < -0.39 is 0 Å². The van der Waals surface area contributed by atoms with Crippen LogP contribution >= 0.6 is 12.4 Å². The van der Waals surface area contributed by atoms with Gasteiger partial charge in [-0.15, -0.1) is 19.0 Å². The maximum absolute atomic E-state index is 9.74. The van der Waals surface area contributed by atoms with Gasteiger partial charge in [0, 0.05) is 11.6 Å². The molecule has 3 nitrogen and oxygen atoms in total. The van der Waals surface area contributed by atoms with Crippen LogP contribution in [-0.4, -0.2) is 5.11 Å².